The van der Waals surface area contributed by atoms with Crippen molar-refractivity contribution in [2.45, 2.75) is 26.1 Å². The van der Waals surface area contributed by atoms with Gasteiger partial charge < -0.3 is 9.47 Å². The molecular formula is C13H14O5. The van der Waals surface area contributed by atoms with Crippen molar-refractivity contribution >= 4 is 18.2 Å². The van der Waals surface area contributed by atoms with Gasteiger partial charge in [-0.2, -0.15) is 0 Å². The summed E-state index contributed by atoms with van der Waals surface area (Å²) in [6, 6.07) is 8.30. The molecule has 0 aliphatic carbocycles. The molecule has 0 heterocycles. The van der Waals surface area contributed by atoms with E-state index < -0.39 is 24.1 Å². The van der Waals surface area contributed by atoms with Gasteiger partial charge in [0, 0.05) is 0 Å². The first-order valence-corrected chi connectivity index (χ1v) is 5.46. The lowest BCUT2D eigenvalue weighted by Crippen LogP contribution is -2.29. The average molecular weight is 250 g/mol. The summed E-state index contributed by atoms with van der Waals surface area (Å²) in [6.45, 7) is 2.82. The number of benzene rings is 1. The molecule has 1 aromatic rings. The lowest BCUT2D eigenvalue weighted by molar-refractivity contribution is -0.159. The fourth-order valence-electron chi connectivity index (χ4n) is 1.16. The molecule has 0 aromatic heterocycles. The van der Waals surface area contributed by atoms with Crippen molar-refractivity contribution in [3.8, 4) is 0 Å². The molecule has 18 heavy (non-hydrogen) atoms. The van der Waals surface area contributed by atoms with Crippen molar-refractivity contribution in [2.75, 3.05) is 0 Å². The van der Waals surface area contributed by atoms with Gasteiger partial charge in [0.25, 0.3) is 0 Å². The van der Waals surface area contributed by atoms with Gasteiger partial charge >= 0.3 is 11.9 Å². The number of carbonyl (C=O) groups excluding carboxylic acids is 3. The maximum atomic E-state index is 11.6. The molecule has 0 N–H and O–H groups in total. The van der Waals surface area contributed by atoms with Crippen LogP contribution in [-0.2, 0) is 19.1 Å². The SMILES string of the molecule is CC(C=O)OC(=O)C(C)OC(=O)c1ccccc1. The van der Waals surface area contributed by atoms with Crippen molar-refractivity contribution in [3.05, 3.63) is 35.9 Å². The van der Waals surface area contributed by atoms with E-state index in [0.717, 1.165) is 0 Å². The third-order valence-electron chi connectivity index (χ3n) is 2.12. The van der Waals surface area contributed by atoms with Crippen LogP contribution in [0, 0.1) is 0 Å². The van der Waals surface area contributed by atoms with Crippen LogP contribution in [0.3, 0.4) is 0 Å². The highest BCUT2D eigenvalue weighted by Gasteiger charge is 2.21. The molecule has 0 radical (unpaired) electrons. The van der Waals surface area contributed by atoms with Crippen LogP contribution in [0.25, 0.3) is 0 Å². The summed E-state index contributed by atoms with van der Waals surface area (Å²) in [7, 11) is 0. The Morgan fingerprint density at radius 2 is 1.72 bits per heavy atom. The number of aldehydes is 1. The number of carbonyl (C=O) groups is 3. The van der Waals surface area contributed by atoms with Crippen molar-refractivity contribution < 1.29 is 23.9 Å². The number of hydrogen-bond donors (Lipinski definition) is 0. The first-order chi connectivity index (χ1) is 8.54. The van der Waals surface area contributed by atoms with Crippen LogP contribution in [0.15, 0.2) is 30.3 Å². The van der Waals surface area contributed by atoms with E-state index in [9.17, 15) is 14.4 Å². The molecule has 0 spiro atoms. The van der Waals surface area contributed by atoms with E-state index in [1.165, 1.54) is 13.8 Å². The summed E-state index contributed by atoms with van der Waals surface area (Å²) in [6.07, 6.45) is -1.42. The fraction of sp³-hybridized carbons (Fsp3) is 0.308. The Hall–Kier alpha value is -2.17. The zero-order valence-corrected chi connectivity index (χ0v) is 10.2. The van der Waals surface area contributed by atoms with E-state index >= 15 is 0 Å². The maximum Gasteiger partial charge on any atom is 0.347 e. The molecule has 2 unspecified atom stereocenters. The van der Waals surface area contributed by atoms with E-state index in [4.69, 9.17) is 9.47 Å². The van der Waals surface area contributed by atoms with Crippen LogP contribution in [0.1, 0.15) is 24.2 Å². The van der Waals surface area contributed by atoms with Crippen LogP contribution in [0.4, 0.5) is 0 Å². The second kappa shape index (κ2) is 6.54. The minimum Gasteiger partial charge on any atom is -0.452 e. The van der Waals surface area contributed by atoms with Gasteiger partial charge in [-0.15, -0.1) is 0 Å². The smallest absolute Gasteiger partial charge is 0.347 e. The Kier molecular flexibility index (Phi) is 5.05. The third-order valence-corrected chi connectivity index (χ3v) is 2.12. The Morgan fingerprint density at radius 1 is 1.11 bits per heavy atom. The number of hydrogen-bond acceptors (Lipinski definition) is 5. The average Bonchev–Trinajstić information content (AvgIpc) is 2.39. The van der Waals surface area contributed by atoms with Gasteiger partial charge in [-0.3, -0.25) is 4.79 Å². The minimum absolute atomic E-state index is 0.348. The predicted octanol–water partition coefficient (Wildman–Crippen LogP) is 1.36. The summed E-state index contributed by atoms with van der Waals surface area (Å²) in [5, 5.41) is 0. The highest BCUT2D eigenvalue weighted by atomic mass is 16.6. The quantitative estimate of drug-likeness (QED) is 0.583. The van der Waals surface area contributed by atoms with E-state index in [2.05, 4.69) is 0 Å². The van der Waals surface area contributed by atoms with Gasteiger partial charge in [-0.25, -0.2) is 9.59 Å². The second-order valence-corrected chi connectivity index (χ2v) is 3.69. The van der Waals surface area contributed by atoms with Crippen LogP contribution in [0.5, 0.6) is 0 Å². The zero-order valence-electron chi connectivity index (χ0n) is 10.2. The van der Waals surface area contributed by atoms with Gasteiger partial charge in [0.15, 0.2) is 18.5 Å². The molecule has 0 amide bonds. The standard InChI is InChI=1S/C13H14O5/c1-9(8-14)17-12(15)10(2)18-13(16)11-6-4-3-5-7-11/h3-10H,1-2H3. The summed E-state index contributed by atoms with van der Waals surface area (Å²) in [5.41, 5.74) is 0.348. The molecule has 5 heteroatoms. The van der Waals surface area contributed by atoms with E-state index in [1.807, 2.05) is 0 Å². The molecule has 0 aliphatic heterocycles. The van der Waals surface area contributed by atoms with Crippen LogP contribution in [0.2, 0.25) is 0 Å². The number of ether oxygens (including phenoxy) is 2. The Labute approximate surface area is 105 Å². The Balaban J connectivity index is 2.54. The molecule has 1 aromatic carbocycles. The Morgan fingerprint density at radius 3 is 2.28 bits per heavy atom. The first-order valence-electron chi connectivity index (χ1n) is 5.46. The first kappa shape index (κ1) is 13.9. The monoisotopic (exact) mass is 250 g/mol. The summed E-state index contributed by atoms with van der Waals surface area (Å²) in [5.74, 6) is -1.36. The number of esters is 2. The zero-order chi connectivity index (χ0) is 13.5. The van der Waals surface area contributed by atoms with E-state index in [1.54, 1.807) is 30.3 Å². The van der Waals surface area contributed by atoms with E-state index in [0.29, 0.717) is 11.8 Å². The van der Waals surface area contributed by atoms with Crippen LogP contribution >= 0.6 is 0 Å². The predicted molar refractivity (Wildman–Crippen MR) is 62.9 cm³/mol. The molecule has 0 aliphatic rings. The summed E-state index contributed by atoms with van der Waals surface area (Å²) in [4.78, 5) is 33.4. The topological polar surface area (TPSA) is 69.7 Å². The minimum atomic E-state index is -1.06. The fourth-order valence-corrected chi connectivity index (χ4v) is 1.16. The molecule has 5 nitrogen and oxygen atoms in total. The van der Waals surface area contributed by atoms with Gasteiger partial charge in [-0.05, 0) is 26.0 Å². The lowest BCUT2D eigenvalue weighted by Gasteiger charge is -2.14. The maximum absolute atomic E-state index is 11.6. The van der Waals surface area contributed by atoms with Crippen molar-refractivity contribution in [1.29, 1.82) is 0 Å². The molecular weight excluding hydrogens is 236 g/mol. The van der Waals surface area contributed by atoms with Gasteiger partial charge in [-0.1, -0.05) is 18.2 Å². The van der Waals surface area contributed by atoms with Gasteiger partial charge in [0.05, 0.1) is 5.56 Å². The molecule has 0 saturated carbocycles. The summed E-state index contributed by atoms with van der Waals surface area (Å²) >= 11 is 0. The molecule has 2 atom stereocenters. The van der Waals surface area contributed by atoms with Crippen LogP contribution in [-0.4, -0.2) is 30.4 Å². The highest BCUT2D eigenvalue weighted by Crippen LogP contribution is 2.05. The highest BCUT2D eigenvalue weighted by molar-refractivity contribution is 5.91. The van der Waals surface area contributed by atoms with Gasteiger partial charge in [0.2, 0.25) is 0 Å². The third kappa shape index (κ3) is 4.01. The molecule has 0 bridgehead atoms. The lowest BCUT2D eigenvalue weighted by atomic mass is 10.2. The molecule has 1 rings (SSSR count). The molecule has 0 fully saturated rings. The number of rotatable bonds is 5. The van der Waals surface area contributed by atoms with Crippen LogP contribution < -0.4 is 0 Å². The van der Waals surface area contributed by atoms with Crippen molar-refractivity contribution in [1.82, 2.24) is 0 Å². The normalized spacial score (nSPS) is 13.2. The molecule has 96 valence electrons. The van der Waals surface area contributed by atoms with Gasteiger partial charge in [0.1, 0.15) is 0 Å². The van der Waals surface area contributed by atoms with Crippen molar-refractivity contribution in [2.24, 2.45) is 0 Å². The Bertz CT molecular complexity index is 426. The summed E-state index contributed by atoms with van der Waals surface area (Å²) < 4.78 is 9.63. The van der Waals surface area contributed by atoms with Crippen molar-refractivity contribution in [3.63, 3.8) is 0 Å². The largest absolute Gasteiger partial charge is 0.452 e. The van der Waals surface area contributed by atoms with E-state index in [-0.39, 0.29) is 0 Å². The molecule has 0 saturated heterocycles. The second-order valence-electron chi connectivity index (χ2n) is 3.69.